The van der Waals surface area contributed by atoms with Crippen LogP contribution < -0.4 is 10.7 Å². The average Bonchev–Trinajstić information content (AvgIpc) is 3.11. The minimum atomic E-state index is -1.22. The lowest BCUT2D eigenvalue weighted by Gasteiger charge is -2.07. The number of hydrogen-bond acceptors (Lipinski definition) is 4. The summed E-state index contributed by atoms with van der Waals surface area (Å²) in [5.74, 6) is -1.26. The van der Waals surface area contributed by atoms with E-state index in [-0.39, 0.29) is 5.43 Å². The number of carboxylic acids is 1. The Balaban J connectivity index is 1.71. The highest BCUT2D eigenvalue weighted by Gasteiger charge is 2.24. The first-order valence-electron chi connectivity index (χ1n) is 9.19. The average molecular weight is 422 g/mol. The molecule has 1 aromatic heterocycles. The van der Waals surface area contributed by atoms with Crippen LogP contribution in [0.4, 0.5) is 5.69 Å². The maximum atomic E-state index is 12.9. The van der Waals surface area contributed by atoms with Gasteiger partial charge in [0.15, 0.2) is 5.43 Å². The van der Waals surface area contributed by atoms with Crippen molar-refractivity contribution in [1.82, 2.24) is 0 Å². The van der Waals surface area contributed by atoms with E-state index in [0.29, 0.717) is 45.8 Å². The monoisotopic (exact) mass is 421 g/mol. The topological polar surface area (TPSA) is 96.6 Å². The summed E-state index contributed by atoms with van der Waals surface area (Å²) in [6.07, 6.45) is 4.93. The highest BCUT2D eigenvalue weighted by Crippen LogP contribution is 2.34. The first-order chi connectivity index (χ1) is 14.4. The summed E-state index contributed by atoms with van der Waals surface area (Å²) in [5.41, 5.74) is 3.18. The predicted molar refractivity (Wildman–Crippen MR) is 116 cm³/mol. The van der Waals surface area contributed by atoms with E-state index < -0.39 is 11.9 Å². The van der Waals surface area contributed by atoms with Crippen LogP contribution in [0.5, 0.6) is 0 Å². The van der Waals surface area contributed by atoms with E-state index in [2.05, 4.69) is 5.32 Å². The SMILES string of the molecule is O=C(O)C=CC(=O)Nc1ccc2c(=O)c3c(oc2c1)C(=Cc1ccc(Cl)cc1)CC3. The van der Waals surface area contributed by atoms with Crippen molar-refractivity contribution in [2.75, 3.05) is 5.32 Å². The fourth-order valence-corrected chi connectivity index (χ4v) is 3.52. The van der Waals surface area contributed by atoms with E-state index in [1.54, 1.807) is 30.3 Å². The van der Waals surface area contributed by atoms with Crippen molar-refractivity contribution in [3.8, 4) is 0 Å². The zero-order valence-electron chi connectivity index (χ0n) is 15.6. The first-order valence-corrected chi connectivity index (χ1v) is 9.57. The third-order valence-electron chi connectivity index (χ3n) is 4.78. The number of carbonyl (C=O) groups is 2. The van der Waals surface area contributed by atoms with E-state index in [0.717, 1.165) is 23.3 Å². The van der Waals surface area contributed by atoms with Crippen molar-refractivity contribution in [2.24, 2.45) is 0 Å². The molecule has 0 bridgehead atoms. The van der Waals surface area contributed by atoms with E-state index in [4.69, 9.17) is 21.1 Å². The summed E-state index contributed by atoms with van der Waals surface area (Å²) < 4.78 is 6.06. The second-order valence-corrected chi connectivity index (χ2v) is 7.27. The number of hydrogen-bond donors (Lipinski definition) is 2. The molecule has 150 valence electrons. The molecule has 3 aromatic rings. The summed E-state index contributed by atoms with van der Waals surface area (Å²) in [6, 6.07) is 12.1. The van der Waals surface area contributed by atoms with Gasteiger partial charge in [0.05, 0.1) is 5.39 Å². The van der Waals surface area contributed by atoms with E-state index in [1.165, 1.54) is 0 Å². The number of benzene rings is 2. The summed E-state index contributed by atoms with van der Waals surface area (Å²) in [4.78, 5) is 35.2. The smallest absolute Gasteiger partial charge is 0.328 e. The number of aliphatic carboxylic acids is 1. The molecule has 0 radical (unpaired) electrons. The third kappa shape index (κ3) is 4.04. The molecule has 0 spiro atoms. The van der Waals surface area contributed by atoms with Crippen LogP contribution >= 0.6 is 11.6 Å². The minimum Gasteiger partial charge on any atom is -0.478 e. The quantitative estimate of drug-likeness (QED) is 0.604. The fraction of sp³-hybridized carbons (Fsp3) is 0.0870. The van der Waals surface area contributed by atoms with Crippen LogP contribution in [0.1, 0.15) is 23.3 Å². The Morgan fingerprint density at radius 3 is 2.57 bits per heavy atom. The summed E-state index contributed by atoms with van der Waals surface area (Å²) in [7, 11) is 0. The molecule has 2 aromatic carbocycles. The van der Waals surface area contributed by atoms with Gasteiger partial charge in [-0.3, -0.25) is 9.59 Å². The van der Waals surface area contributed by atoms with Gasteiger partial charge in [-0.1, -0.05) is 23.7 Å². The molecule has 1 aliphatic rings. The maximum absolute atomic E-state index is 12.9. The van der Waals surface area contributed by atoms with E-state index in [1.807, 2.05) is 18.2 Å². The number of anilines is 1. The van der Waals surface area contributed by atoms with Gasteiger partial charge in [0.25, 0.3) is 0 Å². The molecule has 2 N–H and O–H groups in total. The van der Waals surface area contributed by atoms with Crippen LogP contribution in [0.25, 0.3) is 22.6 Å². The highest BCUT2D eigenvalue weighted by molar-refractivity contribution is 6.30. The summed E-state index contributed by atoms with van der Waals surface area (Å²) in [6.45, 7) is 0. The number of halogens is 1. The van der Waals surface area contributed by atoms with Crippen LogP contribution in [0.2, 0.25) is 5.02 Å². The molecule has 1 aliphatic carbocycles. The van der Waals surface area contributed by atoms with Crippen LogP contribution in [0.3, 0.4) is 0 Å². The van der Waals surface area contributed by atoms with Gasteiger partial charge >= 0.3 is 5.97 Å². The Labute approximate surface area is 176 Å². The lowest BCUT2D eigenvalue weighted by Crippen LogP contribution is -2.11. The normalized spacial score (nSPS) is 14.4. The number of allylic oxidation sites excluding steroid dienone is 1. The molecule has 0 unspecified atom stereocenters. The molecule has 0 atom stereocenters. The fourth-order valence-electron chi connectivity index (χ4n) is 3.40. The molecular formula is C23H16ClNO5. The largest absolute Gasteiger partial charge is 0.478 e. The molecule has 4 rings (SSSR count). The lowest BCUT2D eigenvalue weighted by atomic mass is 10.1. The molecule has 0 saturated carbocycles. The maximum Gasteiger partial charge on any atom is 0.328 e. The zero-order chi connectivity index (χ0) is 21.3. The first kappa shape index (κ1) is 19.7. The molecule has 6 nitrogen and oxygen atoms in total. The van der Waals surface area contributed by atoms with Gasteiger partial charge in [0, 0.05) is 34.5 Å². The van der Waals surface area contributed by atoms with Crippen molar-refractivity contribution in [3.63, 3.8) is 0 Å². The second-order valence-electron chi connectivity index (χ2n) is 6.83. The number of carboxylic acid groups (broad SMARTS) is 1. The number of carbonyl (C=O) groups excluding carboxylic acids is 1. The number of rotatable bonds is 4. The Bertz CT molecular complexity index is 1290. The summed E-state index contributed by atoms with van der Waals surface area (Å²) in [5, 5.41) is 12.2. The Kier molecular flexibility index (Phi) is 5.25. The predicted octanol–water partition coefficient (Wildman–Crippen LogP) is 4.51. The van der Waals surface area contributed by atoms with Gasteiger partial charge in [-0.15, -0.1) is 0 Å². The molecule has 7 heteroatoms. The lowest BCUT2D eigenvalue weighted by molar-refractivity contribution is -0.131. The number of amides is 1. The Hall–Kier alpha value is -3.64. The van der Waals surface area contributed by atoms with Crippen molar-refractivity contribution in [1.29, 1.82) is 0 Å². The number of nitrogens with one attached hydrogen (secondary N) is 1. The molecule has 30 heavy (non-hydrogen) atoms. The molecule has 0 aliphatic heterocycles. The molecule has 0 saturated heterocycles. The minimum absolute atomic E-state index is 0.0885. The van der Waals surface area contributed by atoms with Crippen molar-refractivity contribution < 1.29 is 19.1 Å². The highest BCUT2D eigenvalue weighted by atomic mass is 35.5. The van der Waals surface area contributed by atoms with Crippen LogP contribution in [-0.4, -0.2) is 17.0 Å². The molecular weight excluding hydrogens is 406 g/mol. The van der Waals surface area contributed by atoms with Gasteiger partial charge in [0.2, 0.25) is 5.91 Å². The van der Waals surface area contributed by atoms with Gasteiger partial charge in [-0.2, -0.15) is 0 Å². The van der Waals surface area contributed by atoms with Crippen molar-refractivity contribution in [2.45, 2.75) is 12.8 Å². The van der Waals surface area contributed by atoms with Crippen LogP contribution in [0.15, 0.2) is 63.8 Å². The van der Waals surface area contributed by atoms with E-state index >= 15 is 0 Å². The van der Waals surface area contributed by atoms with Gasteiger partial charge in [0.1, 0.15) is 11.3 Å². The van der Waals surface area contributed by atoms with Crippen molar-refractivity contribution >= 4 is 51.8 Å². The molecule has 1 amide bonds. The standard InChI is InChI=1S/C23H16ClNO5/c24-15-4-1-13(2-5-15)11-14-3-7-18-22(29)17-8-6-16(12-19(17)30-23(14)18)25-20(26)9-10-21(27)28/h1-2,4-6,8-12H,3,7H2,(H,25,26)(H,27,28). The number of fused-ring (bicyclic) bond motifs is 2. The second kappa shape index (κ2) is 8.00. The van der Waals surface area contributed by atoms with Crippen LogP contribution in [0, 0.1) is 0 Å². The molecule has 0 fully saturated rings. The van der Waals surface area contributed by atoms with Crippen LogP contribution in [-0.2, 0) is 16.0 Å². The Morgan fingerprint density at radius 2 is 1.83 bits per heavy atom. The van der Waals surface area contributed by atoms with Gasteiger partial charge in [-0.25, -0.2) is 4.79 Å². The Morgan fingerprint density at radius 1 is 1.07 bits per heavy atom. The summed E-state index contributed by atoms with van der Waals surface area (Å²) >= 11 is 5.94. The third-order valence-corrected chi connectivity index (χ3v) is 5.03. The van der Waals surface area contributed by atoms with Gasteiger partial charge < -0.3 is 14.8 Å². The molecule has 1 heterocycles. The van der Waals surface area contributed by atoms with E-state index in [9.17, 15) is 14.4 Å². The van der Waals surface area contributed by atoms with Gasteiger partial charge in [-0.05, 0) is 54.3 Å². The zero-order valence-corrected chi connectivity index (χ0v) is 16.4. The van der Waals surface area contributed by atoms with Crippen molar-refractivity contribution in [3.05, 3.63) is 86.7 Å².